The highest BCUT2D eigenvalue weighted by atomic mass is 35.5. The molecule has 2 aromatic carbocycles. The number of carbonyl (C=O) groups is 3. The molecular formula is C20H18ClN5O5. The highest BCUT2D eigenvalue weighted by Crippen LogP contribution is 2.33. The van der Waals surface area contributed by atoms with Crippen molar-refractivity contribution in [1.29, 1.82) is 0 Å². The zero-order valence-corrected chi connectivity index (χ0v) is 17.4. The molecule has 0 unspecified atom stereocenters. The SMILES string of the molecule is COc1ccc(NC(=O)CN2N=N[C@@H]3C(=O)N(c4cccc(Cl)c4)C(=O)[C@@H]32)c(OC)c1. The molecule has 0 bridgehead atoms. The molecule has 160 valence electrons. The molecule has 0 saturated carbocycles. The molecule has 2 heterocycles. The molecule has 2 atom stereocenters. The van der Waals surface area contributed by atoms with Crippen molar-refractivity contribution in [3.05, 3.63) is 47.5 Å². The summed E-state index contributed by atoms with van der Waals surface area (Å²) in [6.45, 7) is -0.276. The normalized spacial score (nSPS) is 19.6. The fourth-order valence-corrected chi connectivity index (χ4v) is 3.65. The standard InChI is InChI=1S/C20H18ClN5O5/c1-30-13-6-7-14(15(9-13)31-2)22-16(27)10-25-18-17(23-24-25)19(28)26(20(18)29)12-5-3-4-11(21)8-12/h3-9,17-18H,10H2,1-2H3,(H,22,27)/t17-,18+/m0/s1. The van der Waals surface area contributed by atoms with E-state index in [-0.39, 0.29) is 6.54 Å². The molecule has 4 rings (SSSR count). The summed E-state index contributed by atoms with van der Waals surface area (Å²) in [4.78, 5) is 39.3. The lowest BCUT2D eigenvalue weighted by Crippen LogP contribution is -2.43. The van der Waals surface area contributed by atoms with E-state index in [0.29, 0.717) is 27.9 Å². The molecule has 2 aliphatic rings. The Balaban J connectivity index is 1.48. The lowest BCUT2D eigenvalue weighted by atomic mass is 10.1. The Hall–Kier alpha value is -3.66. The summed E-state index contributed by atoms with van der Waals surface area (Å²) >= 11 is 5.98. The number of nitrogens with one attached hydrogen (secondary N) is 1. The van der Waals surface area contributed by atoms with Crippen LogP contribution in [0.1, 0.15) is 0 Å². The summed E-state index contributed by atoms with van der Waals surface area (Å²) in [6.07, 6.45) is 0. The average Bonchev–Trinajstić information content (AvgIpc) is 3.27. The Labute approximate surface area is 182 Å². The van der Waals surface area contributed by atoms with Crippen LogP contribution in [0.5, 0.6) is 11.5 Å². The predicted molar refractivity (Wildman–Crippen MR) is 111 cm³/mol. The van der Waals surface area contributed by atoms with Gasteiger partial charge in [0.15, 0.2) is 12.1 Å². The number of benzene rings is 2. The van der Waals surface area contributed by atoms with Crippen LogP contribution in [0.25, 0.3) is 0 Å². The van der Waals surface area contributed by atoms with Crippen LogP contribution in [0.4, 0.5) is 11.4 Å². The first-order chi connectivity index (χ1) is 14.9. The van der Waals surface area contributed by atoms with Crippen LogP contribution in [0.3, 0.4) is 0 Å². The first-order valence-corrected chi connectivity index (χ1v) is 9.63. The summed E-state index contributed by atoms with van der Waals surface area (Å²) in [7, 11) is 2.99. The molecule has 0 radical (unpaired) electrons. The number of halogens is 1. The van der Waals surface area contributed by atoms with Gasteiger partial charge in [-0.05, 0) is 30.3 Å². The number of ether oxygens (including phenoxy) is 2. The molecule has 0 aliphatic carbocycles. The van der Waals surface area contributed by atoms with E-state index in [0.717, 1.165) is 4.90 Å². The third-order valence-corrected chi connectivity index (χ3v) is 5.15. The van der Waals surface area contributed by atoms with E-state index in [4.69, 9.17) is 21.1 Å². The van der Waals surface area contributed by atoms with Gasteiger partial charge in [0.05, 0.1) is 25.6 Å². The van der Waals surface area contributed by atoms with Crippen LogP contribution in [0.2, 0.25) is 5.02 Å². The Bertz CT molecular complexity index is 1090. The first kappa shape index (κ1) is 20.6. The van der Waals surface area contributed by atoms with Gasteiger partial charge in [-0.3, -0.25) is 19.4 Å². The van der Waals surface area contributed by atoms with Gasteiger partial charge in [0.25, 0.3) is 11.8 Å². The average molecular weight is 444 g/mol. The summed E-state index contributed by atoms with van der Waals surface area (Å²) in [5.74, 6) is -0.502. The van der Waals surface area contributed by atoms with Gasteiger partial charge < -0.3 is 14.8 Å². The number of rotatable bonds is 6. The van der Waals surface area contributed by atoms with Crippen LogP contribution in [0, 0.1) is 0 Å². The van der Waals surface area contributed by atoms with Crippen LogP contribution in [-0.2, 0) is 14.4 Å². The third kappa shape index (κ3) is 3.77. The van der Waals surface area contributed by atoms with Crippen molar-refractivity contribution < 1.29 is 23.9 Å². The second kappa shape index (κ2) is 8.23. The lowest BCUT2D eigenvalue weighted by molar-refractivity contribution is -0.123. The molecule has 2 aliphatic heterocycles. The van der Waals surface area contributed by atoms with Gasteiger partial charge in [-0.15, -0.1) is 0 Å². The molecule has 1 saturated heterocycles. The van der Waals surface area contributed by atoms with Crippen LogP contribution in [-0.4, -0.2) is 55.6 Å². The molecular weight excluding hydrogens is 426 g/mol. The van der Waals surface area contributed by atoms with Crippen molar-refractivity contribution in [2.75, 3.05) is 31.0 Å². The minimum Gasteiger partial charge on any atom is -0.497 e. The smallest absolute Gasteiger partial charge is 0.263 e. The molecule has 10 nitrogen and oxygen atoms in total. The van der Waals surface area contributed by atoms with Crippen LogP contribution < -0.4 is 19.7 Å². The number of carbonyl (C=O) groups excluding carboxylic acids is 3. The van der Waals surface area contributed by atoms with Gasteiger partial charge >= 0.3 is 0 Å². The van der Waals surface area contributed by atoms with Crippen LogP contribution in [0.15, 0.2) is 52.8 Å². The topological polar surface area (TPSA) is 113 Å². The quantitative estimate of drug-likeness (QED) is 0.685. The van der Waals surface area contributed by atoms with Crippen molar-refractivity contribution in [1.82, 2.24) is 5.01 Å². The first-order valence-electron chi connectivity index (χ1n) is 9.25. The molecule has 1 N–H and O–H groups in total. The molecule has 0 spiro atoms. The molecule has 2 aromatic rings. The van der Waals surface area contributed by atoms with Crippen LogP contribution >= 0.6 is 11.6 Å². The monoisotopic (exact) mass is 443 g/mol. The Kier molecular flexibility index (Phi) is 5.47. The number of anilines is 2. The number of imide groups is 1. The third-order valence-electron chi connectivity index (χ3n) is 4.91. The second-order valence-electron chi connectivity index (χ2n) is 6.80. The number of hydrogen-bond acceptors (Lipinski definition) is 8. The summed E-state index contributed by atoms with van der Waals surface area (Å²) < 4.78 is 10.4. The highest BCUT2D eigenvalue weighted by Gasteiger charge is 2.55. The van der Waals surface area contributed by atoms with Gasteiger partial charge in [-0.2, -0.15) is 5.11 Å². The summed E-state index contributed by atoms with van der Waals surface area (Å²) in [5.41, 5.74) is 0.773. The predicted octanol–water partition coefficient (Wildman–Crippen LogP) is 2.29. The zero-order chi connectivity index (χ0) is 22.1. The van der Waals surface area contributed by atoms with Gasteiger partial charge in [0.2, 0.25) is 5.91 Å². The van der Waals surface area contributed by atoms with Crippen molar-refractivity contribution in [3.63, 3.8) is 0 Å². The van der Waals surface area contributed by atoms with E-state index in [9.17, 15) is 14.4 Å². The van der Waals surface area contributed by atoms with E-state index in [1.165, 1.54) is 25.3 Å². The van der Waals surface area contributed by atoms with E-state index >= 15 is 0 Å². The second-order valence-corrected chi connectivity index (χ2v) is 7.23. The molecule has 31 heavy (non-hydrogen) atoms. The minimum absolute atomic E-state index is 0.276. The maximum Gasteiger partial charge on any atom is 0.263 e. The number of methoxy groups -OCH3 is 2. The number of nitrogens with zero attached hydrogens (tertiary/aromatic N) is 4. The van der Waals surface area contributed by atoms with Gasteiger partial charge in [-0.25, -0.2) is 4.90 Å². The molecule has 1 fully saturated rings. The highest BCUT2D eigenvalue weighted by molar-refractivity contribution is 6.31. The van der Waals surface area contributed by atoms with Gasteiger partial charge in [0.1, 0.15) is 18.0 Å². The minimum atomic E-state index is -1.00. The van der Waals surface area contributed by atoms with E-state index < -0.39 is 29.8 Å². The summed E-state index contributed by atoms with van der Waals surface area (Å²) in [6, 6.07) is 9.34. The Morgan fingerprint density at radius 1 is 1.13 bits per heavy atom. The maximum absolute atomic E-state index is 13.0. The number of fused-ring (bicyclic) bond motifs is 1. The fourth-order valence-electron chi connectivity index (χ4n) is 3.46. The van der Waals surface area contributed by atoms with Gasteiger partial charge in [0, 0.05) is 11.1 Å². The Morgan fingerprint density at radius 2 is 1.94 bits per heavy atom. The zero-order valence-electron chi connectivity index (χ0n) is 16.6. The fraction of sp³-hybridized carbons (Fsp3) is 0.250. The summed E-state index contributed by atoms with van der Waals surface area (Å²) in [5, 5.41) is 12.1. The van der Waals surface area contributed by atoms with E-state index in [2.05, 4.69) is 15.7 Å². The Morgan fingerprint density at radius 3 is 2.65 bits per heavy atom. The lowest BCUT2D eigenvalue weighted by Gasteiger charge is -2.20. The van der Waals surface area contributed by atoms with E-state index in [1.54, 1.807) is 36.4 Å². The molecule has 0 aromatic heterocycles. The maximum atomic E-state index is 13.0. The molecule has 3 amide bonds. The molecule has 11 heteroatoms. The van der Waals surface area contributed by atoms with E-state index in [1.807, 2.05) is 0 Å². The van der Waals surface area contributed by atoms with Gasteiger partial charge in [-0.1, -0.05) is 22.9 Å². The van der Waals surface area contributed by atoms with Crippen molar-refractivity contribution >= 4 is 40.7 Å². The number of hydrogen-bond donors (Lipinski definition) is 1. The largest absolute Gasteiger partial charge is 0.497 e. The van der Waals surface area contributed by atoms with Crippen molar-refractivity contribution in [3.8, 4) is 11.5 Å². The van der Waals surface area contributed by atoms with Crippen molar-refractivity contribution in [2.45, 2.75) is 12.1 Å². The number of amides is 3. The van der Waals surface area contributed by atoms with Crippen molar-refractivity contribution in [2.24, 2.45) is 10.3 Å².